The van der Waals surface area contributed by atoms with Crippen LogP contribution < -0.4 is 0 Å². The van der Waals surface area contributed by atoms with Gasteiger partial charge in [-0.2, -0.15) is 4.39 Å². The molecule has 0 bridgehead atoms. The maximum absolute atomic E-state index is 13.0. The number of hydrogen-bond acceptors (Lipinski definition) is 1. The van der Waals surface area contributed by atoms with E-state index < -0.39 is 5.95 Å². The molecule has 0 aliphatic carbocycles. The average Bonchev–Trinajstić information content (AvgIpc) is 2.20. The van der Waals surface area contributed by atoms with E-state index in [9.17, 15) is 4.39 Å². The Morgan fingerprint density at radius 1 is 0.938 bits per heavy atom. The third kappa shape index (κ3) is 2.46. The maximum atomic E-state index is 13.0. The van der Waals surface area contributed by atoms with Crippen LogP contribution in [0.5, 0.6) is 0 Å². The number of nitrogens with zero attached hydrogens (tertiary/aromatic N) is 1. The summed E-state index contributed by atoms with van der Waals surface area (Å²) in [6.45, 7) is 0. The molecule has 2 aromatic rings. The van der Waals surface area contributed by atoms with E-state index >= 15 is 0 Å². The fraction of sp³-hybridized carbons (Fsp3) is 0. The minimum Gasteiger partial charge on any atom is -0.227 e. The molecular weight excluding hydrogens is 271 g/mol. The van der Waals surface area contributed by atoms with Crippen molar-refractivity contribution >= 4 is 34.8 Å². The molecule has 0 spiro atoms. The van der Waals surface area contributed by atoms with Crippen molar-refractivity contribution in [2.75, 3.05) is 0 Å². The van der Waals surface area contributed by atoms with Gasteiger partial charge in [0, 0.05) is 27.9 Å². The molecule has 0 atom stereocenters. The van der Waals surface area contributed by atoms with Gasteiger partial charge in [-0.25, -0.2) is 4.98 Å². The first-order chi connectivity index (χ1) is 7.56. The number of rotatable bonds is 1. The molecule has 5 heteroatoms. The minimum atomic E-state index is -0.601. The van der Waals surface area contributed by atoms with E-state index in [-0.39, 0.29) is 0 Å². The lowest BCUT2D eigenvalue weighted by Gasteiger charge is -2.05. The summed E-state index contributed by atoms with van der Waals surface area (Å²) in [6.07, 6.45) is 1.25. The summed E-state index contributed by atoms with van der Waals surface area (Å²) in [5, 5.41) is 1.28. The van der Waals surface area contributed by atoms with Crippen molar-refractivity contribution < 1.29 is 4.39 Å². The van der Waals surface area contributed by atoms with Gasteiger partial charge in [0.15, 0.2) is 0 Å². The first-order valence-corrected chi connectivity index (χ1v) is 5.47. The number of pyridine rings is 1. The van der Waals surface area contributed by atoms with Crippen LogP contribution >= 0.6 is 34.8 Å². The van der Waals surface area contributed by atoms with Gasteiger partial charge < -0.3 is 0 Å². The van der Waals surface area contributed by atoms with Crippen LogP contribution in [0.2, 0.25) is 15.1 Å². The zero-order valence-corrected chi connectivity index (χ0v) is 10.1. The van der Waals surface area contributed by atoms with Gasteiger partial charge in [0.2, 0.25) is 5.95 Å². The second kappa shape index (κ2) is 4.58. The van der Waals surface area contributed by atoms with Crippen LogP contribution in [0.15, 0.2) is 30.5 Å². The van der Waals surface area contributed by atoms with Crippen molar-refractivity contribution in [1.29, 1.82) is 0 Å². The Hall–Kier alpha value is -0.830. The van der Waals surface area contributed by atoms with Gasteiger partial charge in [-0.15, -0.1) is 0 Å². The molecule has 82 valence electrons. The van der Waals surface area contributed by atoms with Crippen molar-refractivity contribution in [3.05, 3.63) is 51.5 Å². The van der Waals surface area contributed by atoms with Gasteiger partial charge in [0.1, 0.15) is 0 Å². The van der Waals surface area contributed by atoms with Gasteiger partial charge in [-0.1, -0.05) is 34.8 Å². The van der Waals surface area contributed by atoms with Crippen LogP contribution in [-0.4, -0.2) is 4.98 Å². The zero-order chi connectivity index (χ0) is 11.7. The van der Waals surface area contributed by atoms with E-state index in [4.69, 9.17) is 34.8 Å². The van der Waals surface area contributed by atoms with Gasteiger partial charge >= 0.3 is 0 Å². The van der Waals surface area contributed by atoms with E-state index in [0.29, 0.717) is 26.2 Å². The van der Waals surface area contributed by atoms with Crippen LogP contribution in [0.1, 0.15) is 0 Å². The van der Waals surface area contributed by atoms with Crippen LogP contribution in [0.4, 0.5) is 4.39 Å². The van der Waals surface area contributed by atoms with Crippen molar-refractivity contribution in [2.24, 2.45) is 0 Å². The molecule has 2 rings (SSSR count). The van der Waals surface area contributed by atoms with E-state index in [2.05, 4.69) is 4.98 Å². The highest BCUT2D eigenvalue weighted by Gasteiger charge is 2.07. The number of aromatic nitrogens is 1. The monoisotopic (exact) mass is 275 g/mol. The summed E-state index contributed by atoms with van der Waals surface area (Å²) in [5.74, 6) is -0.601. The molecule has 1 heterocycles. The Balaban J connectivity index is 2.62. The molecule has 0 fully saturated rings. The van der Waals surface area contributed by atoms with Gasteiger partial charge in [0.25, 0.3) is 0 Å². The minimum absolute atomic E-state index is 0.347. The first-order valence-electron chi connectivity index (χ1n) is 4.34. The Kier molecular flexibility index (Phi) is 3.33. The van der Waals surface area contributed by atoms with Crippen molar-refractivity contribution in [2.45, 2.75) is 0 Å². The van der Waals surface area contributed by atoms with E-state index in [1.807, 2.05) is 0 Å². The average molecular weight is 277 g/mol. The van der Waals surface area contributed by atoms with Gasteiger partial charge in [-0.05, 0) is 23.8 Å². The van der Waals surface area contributed by atoms with Crippen LogP contribution in [0.3, 0.4) is 0 Å². The lowest BCUT2D eigenvalue weighted by atomic mass is 10.1. The molecule has 1 nitrogen and oxygen atoms in total. The fourth-order valence-electron chi connectivity index (χ4n) is 1.34. The zero-order valence-electron chi connectivity index (χ0n) is 7.85. The number of halogens is 4. The van der Waals surface area contributed by atoms with E-state index in [0.717, 1.165) is 0 Å². The highest BCUT2D eigenvalue weighted by molar-refractivity contribution is 6.36. The molecule has 0 N–H and O–H groups in total. The first kappa shape index (κ1) is 11.6. The van der Waals surface area contributed by atoms with Crippen molar-refractivity contribution in [1.82, 2.24) is 4.98 Å². The maximum Gasteiger partial charge on any atom is 0.213 e. The second-order valence-electron chi connectivity index (χ2n) is 3.14. The topological polar surface area (TPSA) is 12.9 Å². The summed E-state index contributed by atoms with van der Waals surface area (Å²) >= 11 is 17.6. The molecule has 16 heavy (non-hydrogen) atoms. The summed E-state index contributed by atoms with van der Waals surface area (Å²) in [7, 11) is 0. The molecule has 0 saturated carbocycles. The lowest BCUT2D eigenvalue weighted by Crippen LogP contribution is -1.86. The van der Waals surface area contributed by atoms with Gasteiger partial charge in [-0.3, -0.25) is 0 Å². The molecule has 0 amide bonds. The Morgan fingerprint density at radius 2 is 1.56 bits per heavy atom. The van der Waals surface area contributed by atoms with E-state index in [1.54, 1.807) is 18.2 Å². The van der Waals surface area contributed by atoms with Crippen LogP contribution in [-0.2, 0) is 0 Å². The summed E-state index contributed by atoms with van der Waals surface area (Å²) in [4.78, 5) is 3.45. The Morgan fingerprint density at radius 3 is 2.19 bits per heavy atom. The molecule has 0 aliphatic heterocycles. The number of hydrogen-bond donors (Lipinski definition) is 0. The third-order valence-electron chi connectivity index (χ3n) is 2.00. The smallest absolute Gasteiger partial charge is 0.213 e. The van der Waals surface area contributed by atoms with Crippen molar-refractivity contribution in [3.8, 4) is 11.1 Å². The molecule has 1 aromatic carbocycles. The quantitative estimate of drug-likeness (QED) is 0.679. The fourth-order valence-corrected chi connectivity index (χ4v) is 2.08. The predicted octanol–water partition coefficient (Wildman–Crippen LogP) is 4.85. The predicted molar refractivity (Wildman–Crippen MR) is 64.7 cm³/mol. The number of benzene rings is 1. The summed E-state index contributed by atoms with van der Waals surface area (Å²) in [6, 6.07) is 6.16. The standard InChI is InChI=1S/C11H5Cl3FN/c12-7-1-6(2-8(13)3-7)9-4-11(15)16-5-10(9)14/h1-5H. The largest absolute Gasteiger partial charge is 0.227 e. The van der Waals surface area contributed by atoms with E-state index in [1.165, 1.54) is 12.3 Å². The lowest BCUT2D eigenvalue weighted by molar-refractivity contribution is 0.584. The van der Waals surface area contributed by atoms with Crippen molar-refractivity contribution in [3.63, 3.8) is 0 Å². The van der Waals surface area contributed by atoms with Crippen LogP contribution in [0, 0.1) is 5.95 Å². The highest BCUT2D eigenvalue weighted by Crippen LogP contribution is 2.31. The molecule has 0 saturated heterocycles. The van der Waals surface area contributed by atoms with Crippen LogP contribution in [0.25, 0.3) is 11.1 Å². The normalized spacial score (nSPS) is 10.5. The highest BCUT2D eigenvalue weighted by atomic mass is 35.5. The second-order valence-corrected chi connectivity index (χ2v) is 4.43. The molecule has 0 aliphatic rings. The summed E-state index contributed by atoms with van der Waals surface area (Å²) < 4.78 is 13.0. The Bertz CT molecular complexity index is 522. The third-order valence-corrected chi connectivity index (χ3v) is 2.73. The molecule has 0 radical (unpaired) electrons. The summed E-state index contributed by atoms with van der Waals surface area (Å²) in [5.41, 5.74) is 1.17. The molecule has 0 unspecified atom stereocenters. The SMILES string of the molecule is Fc1cc(-c2cc(Cl)cc(Cl)c2)c(Cl)cn1. The van der Waals surface area contributed by atoms with Gasteiger partial charge in [0.05, 0.1) is 5.02 Å². The molecular formula is C11H5Cl3FN. The molecule has 1 aromatic heterocycles. The Labute approximate surface area is 107 Å².